The fourth-order valence-electron chi connectivity index (χ4n) is 3.21. The number of aromatic amines is 1. The number of primary amides is 1. The van der Waals surface area contributed by atoms with Gasteiger partial charge in [-0.05, 0) is 26.0 Å². The summed E-state index contributed by atoms with van der Waals surface area (Å²) in [6.07, 6.45) is 6.74. The fraction of sp³-hybridized carbons (Fsp3) is 0.444. The smallest absolute Gasteiger partial charge is 0.241 e. The van der Waals surface area contributed by atoms with Crippen LogP contribution in [0.5, 0.6) is 0 Å². The van der Waals surface area contributed by atoms with Crippen LogP contribution >= 0.6 is 0 Å². The number of aromatic nitrogens is 2. The third kappa shape index (κ3) is 4.37. The standard InChI is InChI=1S/C18H25N5O2/c1-18(2,25)12-22-5-7-23(8-6-22)14-9-15-13(3-4-16(19)24)10-20-17(15)21-11-14/h3-4,9-11,25H,5-8,12H2,1-2H3,(H2,19,24)(H,20,21). The first-order valence-corrected chi connectivity index (χ1v) is 8.46. The Morgan fingerprint density at radius 2 is 2.12 bits per heavy atom. The number of amides is 1. The molecule has 3 rings (SSSR count). The van der Waals surface area contributed by atoms with Crippen LogP contribution < -0.4 is 10.6 Å². The quantitative estimate of drug-likeness (QED) is 0.702. The summed E-state index contributed by atoms with van der Waals surface area (Å²) in [4.78, 5) is 23.1. The summed E-state index contributed by atoms with van der Waals surface area (Å²) in [6.45, 7) is 7.94. The number of carbonyl (C=O) groups is 1. The Bertz CT molecular complexity index is 782. The molecule has 25 heavy (non-hydrogen) atoms. The molecule has 1 amide bonds. The number of H-pyrrole nitrogens is 1. The van der Waals surface area contributed by atoms with Crippen molar-refractivity contribution in [1.82, 2.24) is 14.9 Å². The lowest BCUT2D eigenvalue weighted by Crippen LogP contribution is -2.50. The van der Waals surface area contributed by atoms with E-state index in [1.165, 1.54) is 6.08 Å². The minimum absolute atomic E-state index is 0.471. The highest BCUT2D eigenvalue weighted by Crippen LogP contribution is 2.24. The molecule has 0 bridgehead atoms. The third-order valence-electron chi connectivity index (χ3n) is 4.32. The molecule has 0 unspecified atom stereocenters. The molecule has 0 spiro atoms. The van der Waals surface area contributed by atoms with Gasteiger partial charge in [-0.3, -0.25) is 9.69 Å². The van der Waals surface area contributed by atoms with E-state index in [2.05, 4.69) is 25.8 Å². The molecule has 7 heteroatoms. The van der Waals surface area contributed by atoms with Crippen LogP contribution in [0.1, 0.15) is 19.4 Å². The lowest BCUT2D eigenvalue weighted by Gasteiger charge is -2.38. The Kier molecular flexibility index (Phi) is 4.78. The molecule has 4 N–H and O–H groups in total. The maximum Gasteiger partial charge on any atom is 0.241 e. The second-order valence-electron chi connectivity index (χ2n) is 7.15. The molecule has 2 aromatic heterocycles. The number of pyridine rings is 1. The minimum Gasteiger partial charge on any atom is -0.389 e. The molecule has 0 aliphatic carbocycles. The van der Waals surface area contributed by atoms with Crippen molar-refractivity contribution in [1.29, 1.82) is 0 Å². The van der Waals surface area contributed by atoms with Crippen LogP contribution in [0.15, 0.2) is 24.5 Å². The number of carbonyl (C=O) groups excluding carboxylic acids is 1. The number of aliphatic hydroxyl groups is 1. The van der Waals surface area contributed by atoms with Crippen molar-refractivity contribution < 1.29 is 9.90 Å². The third-order valence-corrected chi connectivity index (χ3v) is 4.32. The van der Waals surface area contributed by atoms with Crippen molar-refractivity contribution in [3.05, 3.63) is 30.1 Å². The van der Waals surface area contributed by atoms with E-state index in [9.17, 15) is 9.90 Å². The first-order valence-electron chi connectivity index (χ1n) is 8.46. The summed E-state index contributed by atoms with van der Waals surface area (Å²) in [6, 6.07) is 2.09. The zero-order chi connectivity index (χ0) is 18.0. The molecular weight excluding hydrogens is 318 g/mol. The number of nitrogens with two attached hydrogens (primary N) is 1. The summed E-state index contributed by atoms with van der Waals surface area (Å²) in [7, 11) is 0. The number of hydrogen-bond acceptors (Lipinski definition) is 5. The van der Waals surface area contributed by atoms with Gasteiger partial charge >= 0.3 is 0 Å². The Hall–Kier alpha value is -2.38. The van der Waals surface area contributed by atoms with E-state index >= 15 is 0 Å². The summed E-state index contributed by atoms with van der Waals surface area (Å²) >= 11 is 0. The van der Waals surface area contributed by atoms with Crippen LogP contribution in [0.2, 0.25) is 0 Å². The molecule has 1 aliphatic rings. The molecule has 2 aromatic rings. The van der Waals surface area contributed by atoms with Crippen LogP contribution in [0.4, 0.5) is 5.69 Å². The van der Waals surface area contributed by atoms with Crippen molar-refractivity contribution in [2.24, 2.45) is 5.73 Å². The largest absolute Gasteiger partial charge is 0.389 e. The van der Waals surface area contributed by atoms with Gasteiger partial charge < -0.3 is 20.7 Å². The Morgan fingerprint density at radius 1 is 1.40 bits per heavy atom. The lowest BCUT2D eigenvalue weighted by molar-refractivity contribution is -0.113. The second-order valence-corrected chi connectivity index (χ2v) is 7.15. The molecule has 0 radical (unpaired) electrons. The van der Waals surface area contributed by atoms with E-state index in [1.54, 1.807) is 6.08 Å². The van der Waals surface area contributed by atoms with Crippen molar-refractivity contribution in [2.75, 3.05) is 37.6 Å². The monoisotopic (exact) mass is 343 g/mol. The number of piperazine rings is 1. The number of β-amino-alcohol motifs (C(OH)–C–C–N with tert-alkyl or cyclic N) is 1. The topological polar surface area (TPSA) is 98.5 Å². The van der Waals surface area contributed by atoms with Crippen molar-refractivity contribution in [3.8, 4) is 0 Å². The highest BCUT2D eigenvalue weighted by atomic mass is 16.3. The molecule has 0 aromatic carbocycles. The van der Waals surface area contributed by atoms with Crippen LogP contribution in [0.3, 0.4) is 0 Å². The first-order chi connectivity index (χ1) is 11.8. The molecular formula is C18H25N5O2. The Morgan fingerprint density at radius 3 is 2.76 bits per heavy atom. The predicted octanol–water partition coefficient (Wildman–Crippen LogP) is 0.954. The highest BCUT2D eigenvalue weighted by molar-refractivity contribution is 5.95. The van der Waals surface area contributed by atoms with Gasteiger partial charge in [-0.25, -0.2) is 4.98 Å². The molecule has 3 heterocycles. The van der Waals surface area contributed by atoms with E-state index in [-0.39, 0.29) is 0 Å². The normalized spacial score (nSPS) is 16.8. The summed E-state index contributed by atoms with van der Waals surface area (Å²) in [5, 5.41) is 10.9. The number of anilines is 1. The van der Waals surface area contributed by atoms with E-state index in [0.717, 1.165) is 48.5 Å². The van der Waals surface area contributed by atoms with E-state index in [1.807, 2.05) is 26.2 Å². The molecule has 7 nitrogen and oxygen atoms in total. The first kappa shape index (κ1) is 17.4. The van der Waals surface area contributed by atoms with Crippen molar-refractivity contribution >= 4 is 28.7 Å². The zero-order valence-electron chi connectivity index (χ0n) is 14.7. The van der Waals surface area contributed by atoms with E-state index in [4.69, 9.17) is 5.73 Å². The van der Waals surface area contributed by atoms with Gasteiger partial charge in [-0.15, -0.1) is 0 Å². The maximum atomic E-state index is 11.0. The molecule has 0 atom stereocenters. The van der Waals surface area contributed by atoms with Gasteiger partial charge in [-0.1, -0.05) is 0 Å². The van der Waals surface area contributed by atoms with Gasteiger partial charge in [0.15, 0.2) is 0 Å². The maximum absolute atomic E-state index is 11.0. The van der Waals surface area contributed by atoms with E-state index in [0.29, 0.717) is 6.54 Å². The summed E-state index contributed by atoms with van der Waals surface area (Å²) in [5.41, 5.74) is 7.24. The number of nitrogens with zero attached hydrogens (tertiary/aromatic N) is 3. The van der Waals surface area contributed by atoms with Crippen LogP contribution in [0, 0.1) is 0 Å². The molecule has 1 saturated heterocycles. The summed E-state index contributed by atoms with van der Waals surface area (Å²) in [5.74, 6) is -0.471. The summed E-state index contributed by atoms with van der Waals surface area (Å²) < 4.78 is 0. The van der Waals surface area contributed by atoms with E-state index < -0.39 is 11.5 Å². The number of nitrogens with one attached hydrogen (secondary N) is 1. The number of hydrogen-bond donors (Lipinski definition) is 3. The molecule has 1 fully saturated rings. The molecule has 0 saturated carbocycles. The SMILES string of the molecule is CC(C)(O)CN1CCN(c2cnc3[nH]cc(C=CC(N)=O)c3c2)CC1. The van der Waals surface area contributed by atoms with Gasteiger partial charge in [0.2, 0.25) is 5.91 Å². The molecule has 134 valence electrons. The molecule has 1 aliphatic heterocycles. The zero-order valence-corrected chi connectivity index (χ0v) is 14.7. The van der Waals surface area contributed by atoms with Crippen molar-refractivity contribution in [2.45, 2.75) is 19.4 Å². The Labute approximate surface area is 147 Å². The average molecular weight is 343 g/mol. The highest BCUT2D eigenvalue weighted by Gasteiger charge is 2.23. The average Bonchev–Trinajstić information content (AvgIpc) is 2.94. The predicted molar refractivity (Wildman–Crippen MR) is 99.3 cm³/mol. The van der Waals surface area contributed by atoms with Gasteiger partial charge in [0.05, 0.1) is 17.5 Å². The van der Waals surface area contributed by atoms with Crippen LogP contribution in [-0.2, 0) is 4.79 Å². The second kappa shape index (κ2) is 6.85. The van der Waals surface area contributed by atoms with Gasteiger partial charge in [-0.2, -0.15) is 0 Å². The van der Waals surface area contributed by atoms with Gasteiger partial charge in [0.1, 0.15) is 5.65 Å². The Balaban J connectivity index is 1.74. The van der Waals surface area contributed by atoms with Crippen molar-refractivity contribution in [3.63, 3.8) is 0 Å². The van der Waals surface area contributed by atoms with Gasteiger partial charge in [0, 0.05) is 55.9 Å². The van der Waals surface area contributed by atoms with Crippen LogP contribution in [-0.4, -0.2) is 64.2 Å². The fourth-order valence-corrected chi connectivity index (χ4v) is 3.21. The number of rotatable bonds is 5. The van der Waals surface area contributed by atoms with Gasteiger partial charge in [0.25, 0.3) is 0 Å². The minimum atomic E-state index is -0.671. The number of fused-ring (bicyclic) bond motifs is 1. The lowest BCUT2D eigenvalue weighted by atomic mass is 10.1. The van der Waals surface area contributed by atoms with Crippen LogP contribution in [0.25, 0.3) is 17.1 Å².